The summed E-state index contributed by atoms with van der Waals surface area (Å²) in [6.45, 7) is 6.55. The van der Waals surface area contributed by atoms with Gasteiger partial charge in [-0.05, 0) is 44.5 Å². The number of nitrogens with zero attached hydrogens (tertiary/aromatic N) is 1. The quantitative estimate of drug-likeness (QED) is 0.647. The molecule has 110 valence electrons. The monoisotopic (exact) mass is 284 g/mol. The van der Waals surface area contributed by atoms with Gasteiger partial charge < -0.3 is 9.84 Å². The summed E-state index contributed by atoms with van der Waals surface area (Å²) in [6, 6.07) is 11.3. The van der Waals surface area contributed by atoms with Crippen LogP contribution in [0.15, 0.2) is 41.5 Å². The van der Waals surface area contributed by atoms with Crippen molar-refractivity contribution in [3.05, 3.63) is 53.1 Å². The molecule has 0 spiro atoms. The molecule has 0 bridgehead atoms. The Kier molecular flexibility index (Phi) is 4.82. The van der Waals surface area contributed by atoms with E-state index in [1.807, 2.05) is 32.0 Å². The second-order valence-electron chi connectivity index (χ2n) is 4.84. The standard InChI is InChI=1S/C17H20N2O2/c1-4-21-15-7-6-14(17(20)10-15)11-18-19-16-8-5-12(2)9-13(16)3/h5-11,19-20H,4H2,1-3H3. The number of phenolic OH excluding ortho intramolecular Hbond substituents is 1. The van der Waals surface area contributed by atoms with Crippen LogP contribution in [0.2, 0.25) is 0 Å². The van der Waals surface area contributed by atoms with Crippen molar-refractivity contribution in [2.75, 3.05) is 12.0 Å². The summed E-state index contributed by atoms with van der Waals surface area (Å²) in [4.78, 5) is 0. The first kappa shape index (κ1) is 14.9. The fraction of sp³-hybridized carbons (Fsp3) is 0.235. The first-order valence-corrected chi connectivity index (χ1v) is 6.92. The van der Waals surface area contributed by atoms with E-state index in [2.05, 4.69) is 23.5 Å². The lowest BCUT2D eigenvalue weighted by Gasteiger charge is -2.06. The highest BCUT2D eigenvalue weighted by molar-refractivity contribution is 5.84. The molecule has 0 aromatic heterocycles. The summed E-state index contributed by atoms with van der Waals surface area (Å²) in [5.74, 6) is 0.793. The summed E-state index contributed by atoms with van der Waals surface area (Å²) in [6.07, 6.45) is 1.59. The van der Waals surface area contributed by atoms with Crippen LogP contribution >= 0.6 is 0 Å². The number of anilines is 1. The number of benzene rings is 2. The molecular weight excluding hydrogens is 264 g/mol. The lowest BCUT2D eigenvalue weighted by molar-refractivity contribution is 0.337. The molecule has 0 heterocycles. The maximum Gasteiger partial charge on any atom is 0.128 e. The molecule has 0 aliphatic carbocycles. The molecule has 0 radical (unpaired) electrons. The van der Waals surface area contributed by atoms with Crippen LogP contribution in [-0.4, -0.2) is 17.9 Å². The number of rotatable bonds is 5. The highest BCUT2D eigenvalue weighted by Gasteiger charge is 2.01. The van der Waals surface area contributed by atoms with Crippen LogP contribution in [0.4, 0.5) is 5.69 Å². The van der Waals surface area contributed by atoms with Gasteiger partial charge in [0.2, 0.25) is 0 Å². The number of aryl methyl sites for hydroxylation is 2. The van der Waals surface area contributed by atoms with Crippen molar-refractivity contribution >= 4 is 11.9 Å². The molecular formula is C17H20N2O2. The molecule has 21 heavy (non-hydrogen) atoms. The zero-order valence-electron chi connectivity index (χ0n) is 12.6. The Balaban J connectivity index is 2.07. The summed E-state index contributed by atoms with van der Waals surface area (Å²) >= 11 is 0. The van der Waals surface area contributed by atoms with Gasteiger partial charge in [-0.1, -0.05) is 17.7 Å². The van der Waals surface area contributed by atoms with E-state index in [1.54, 1.807) is 18.3 Å². The molecule has 0 saturated carbocycles. The maximum atomic E-state index is 9.91. The number of phenols is 1. The number of ether oxygens (including phenoxy) is 1. The molecule has 0 unspecified atom stereocenters. The normalized spacial score (nSPS) is 10.8. The highest BCUT2D eigenvalue weighted by atomic mass is 16.5. The second kappa shape index (κ2) is 6.79. The molecule has 0 aliphatic heterocycles. The third kappa shape index (κ3) is 3.99. The predicted molar refractivity (Wildman–Crippen MR) is 86.4 cm³/mol. The average Bonchev–Trinajstić information content (AvgIpc) is 2.44. The molecule has 0 saturated heterocycles. The molecule has 0 atom stereocenters. The predicted octanol–water partition coefficient (Wildman–Crippen LogP) is 3.85. The second-order valence-corrected chi connectivity index (χ2v) is 4.84. The average molecular weight is 284 g/mol. The van der Waals surface area contributed by atoms with Crippen LogP contribution in [0.5, 0.6) is 11.5 Å². The zero-order valence-corrected chi connectivity index (χ0v) is 12.6. The van der Waals surface area contributed by atoms with Crippen LogP contribution < -0.4 is 10.2 Å². The third-order valence-electron chi connectivity index (χ3n) is 3.08. The van der Waals surface area contributed by atoms with Crippen molar-refractivity contribution in [3.63, 3.8) is 0 Å². The number of nitrogens with one attached hydrogen (secondary N) is 1. The van der Waals surface area contributed by atoms with Gasteiger partial charge in [0.05, 0.1) is 18.5 Å². The Bertz CT molecular complexity index is 651. The smallest absolute Gasteiger partial charge is 0.128 e. The van der Waals surface area contributed by atoms with Crippen LogP contribution in [0.25, 0.3) is 0 Å². The van der Waals surface area contributed by atoms with Crippen molar-refractivity contribution in [3.8, 4) is 11.5 Å². The van der Waals surface area contributed by atoms with Gasteiger partial charge in [0, 0.05) is 11.6 Å². The van der Waals surface area contributed by atoms with Crippen LogP contribution in [0.1, 0.15) is 23.6 Å². The molecule has 0 fully saturated rings. The Morgan fingerprint density at radius 3 is 2.67 bits per heavy atom. The first-order chi connectivity index (χ1) is 10.1. The van der Waals surface area contributed by atoms with Crippen LogP contribution in [0, 0.1) is 13.8 Å². The van der Waals surface area contributed by atoms with E-state index in [-0.39, 0.29) is 5.75 Å². The summed E-state index contributed by atoms with van der Waals surface area (Å²) in [7, 11) is 0. The van der Waals surface area contributed by atoms with Crippen LogP contribution in [0.3, 0.4) is 0 Å². The van der Waals surface area contributed by atoms with Gasteiger partial charge in [-0.15, -0.1) is 0 Å². The minimum Gasteiger partial charge on any atom is -0.507 e. The molecule has 2 rings (SSSR count). The van der Waals surface area contributed by atoms with Gasteiger partial charge >= 0.3 is 0 Å². The van der Waals surface area contributed by atoms with E-state index in [9.17, 15) is 5.11 Å². The van der Waals surface area contributed by atoms with Gasteiger partial charge in [0.25, 0.3) is 0 Å². The Labute approximate surface area is 125 Å². The fourth-order valence-electron chi connectivity index (χ4n) is 2.00. The lowest BCUT2D eigenvalue weighted by atomic mass is 10.1. The third-order valence-corrected chi connectivity index (χ3v) is 3.08. The maximum absolute atomic E-state index is 9.91. The lowest BCUT2D eigenvalue weighted by Crippen LogP contribution is -1.95. The van der Waals surface area contributed by atoms with Gasteiger partial charge in [0.1, 0.15) is 11.5 Å². The first-order valence-electron chi connectivity index (χ1n) is 6.92. The Hall–Kier alpha value is -2.49. The van der Waals surface area contributed by atoms with E-state index in [4.69, 9.17) is 4.74 Å². The van der Waals surface area contributed by atoms with Gasteiger partial charge in [-0.25, -0.2) is 0 Å². The number of hydrogen-bond donors (Lipinski definition) is 2. The van der Waals surface area contributed by atoms with Crippen molar-refractivity contribution in [1.82, 2.24) is 0 Å². The molecule has 4 nitrogen and oxygen atoms in total. The largest absolute Gasteiger partial charge is 0.507 e. The minimum atomic E-state index is 0.145. The number of hydrogen-bond acceptors (Lipinski definition) is 4. The van der Waals surface area contributed by atoms with Crippen molar-refractivity contribution in [2.24, 2.45) is 5.10 Å². The van der Waals surface area contributed by atoms with E-state index >= 15 is 0 Å². The topological polar surface area (TPSA) is 53.8 Å². The van der Waals surface area contributed by atoms with Gasteiger partial charge in [-0.2, -0.15) is 5.10 Å². The van der Waals surface area contributed by atoms with Crippen molar-refractivity contribution in [2.45, 2.75) is 20.8 Å². The Morgan fingerprint density at radius 2 is 2.00 bits per heavy atom. The van der Waals surface area contributed by atoms with Gasteiger partial charge in [0.15, 0.2) is 0 Å². The van der Waals surface area contributed by atoms with Gasteiger partial charge in [-0.3, -0.25) is 5.43 Å². The number of hydrazone groups is 1. The van der Waals surface area contributed by atoms with E-state index in [0.29, 0.717) is 17.9 Å². The van der Waals surface area contributed by atoms with E-state index < -0.39 is 0 Å². The van der Waals surface area contributed by atoms with Crippen molar-refractivity contribution < 1.29 is 9.84 Å². The summed E-state index contributed by atoms with van der Waals surface area (Å²) in [5.41, 5.74) is 6.91. The SMILES string of the molecule is CCOc1ccc(C=NNc2ccc(C)cc2C)c(O)c1. The molecule has 0 amide bonds. The minimum absolute atomic E-state index is 0.145. The van der Waals surface area contributed by atoms with Crippen LogP contribution in [-0.2, 0) is 0 Å². The van der Waals surface area contributed by atoms with Crippen molar-refractivity contribution in [1.29, 1.82) is 0 Å². The zero-order chi connectivity index (χ0) is 15.2. The Morgan fingerprint density at radius 1 is 1.19 bits per heavy atom. The molecule has 2 aromatic carbocycles. The molecule has 2 aromatic rings. The highest BCUT2D eigenvalue weighted by Crippen LogP contribution is 2.22. The summed E-state index contributed by atoms with van der Waals surface area (Å²) in [5, 5.41) is 14.1. The summed E-state index contributed by atoms with van der Waals surface area (Å²) < 4.78 is 5.32. The molecule has 4 heteroatoms. The molecule has 2 N–H and O–H groups in total. The van der Waals surface area contributed by atoms with E-state index in [1.165, 1.54) is 5.56 Å². The number of aromatic hydroxyl groups is 1. The molecule has 0 aliphatic rings. The fourth-order valence-corrected chi connectivity index (χ4v) is 2.00. The van der Waals surface area contributed by atoms with E-state index in [0.717, 1.165) is 11.3 Å².